The number of nitrogens with zero attached hydrogens (tertiary/aromatic N) is 1. The topological polar surface area (TPSA) is 52.3 Å². The molecule has 0 aliphatic carbocycles. The van der Waals surface area contributed by atoms with Crippen molar-refractivity contribution in [2.45, 2.75) is 6.42 Å². The first-order chi connectivity index (χ1) is 8.31. The van der Waals surface area contributed by atoms with Crippen LogP contribution in [0.25, 0.3) is 11.3 Å². The van der Waals surface area contributed by atoms with Gasteiger partial charge in [-0.2, -0.15) is 0 Å². The second-order valence-corrected chi connectivity index (χ2v) is 3.85. The molecule has 2 aromatic rings. The summed E-state index contributed by atoms with van der Waals surface area (Å²) in [5, 5.41) is 4.60. The zero-order valence-corrected chi connectivity index (χ0v) is 9.68. The van der Waals surface area contributed by atoms with Crippen molar-refractivity contribution in [2.75, 3.05) is 6.61 Å². The molecule has 0 N–H and O–H groups in total. The third-order valence-corrected chi connectivity index (χ3v) is 2.57. The molecular formula is C12H10ClNO3. The molecule has 0 radical (unpaired) electrons. The molecule has 1 aromatic heterocycles. The molecule has 0 unspecified atom stereocenters. The van der Waals surface area contributed by atoms with Crippen molar-refractivity contribution in [3.8, 4) is 11.3 Å². The van der Waals surface area contributed by atoms with Gasteiger partial charge < -0.3 is 9.26 Å². The molecule has 0 saturated heterocycles. The molecule has 17 heavy (non-hydrogen) atoms. The van der Waals surface area contributed by atoms with E-state index in [-0.39, 0.29) is 0 Å². The minimum atomic E-state index is 0.311. The first-order valence-corrected chi connectivity index (χ1v) is 5.43. The van der Waals surface area contributed by atoms with E-state index in [0.717, 1.165) is 16.8 Å². The van der Waals surface area contributed by atoms with Crippen molar-refractivity contribution in [1.82, 2.24) is 5.16 Å². The molecule has 2 rings (SSSR count). The van der Waals surface area contributed by atoms with Crippen LogP contribution in [0.1, 0.15) is 5.56 Å². The lowest BCUT2D eigenvalue weighted by Gasteiger charge is -2.01. The Hall–Kier alpha value is -1.81. The lowest BCUT2D eigenvalue weighted by molar-refractivity contribution is -0.128. The van der Waals surface area contributed by atoms with Gasteiger partial charge in [-0.1, -0.05) is 28.9 Å². The Morgan fingerprint density at radius 3 is 2.82 bits per heavy atom. The van der Waals surface area contributed by atoms with Crippen LogP contribution in [0.4, 0.5) is 0 Å². The molecule has 0 fully saturated rings. The van der Waals surface area contributed by atoms with Gasteiger partial charge in [0.25, 0.3) is 6.47 Å². The minimum Gasteiger partial charge on any atom is -0.468 e. The molecule has 0 aliphatic rings. The highest BCUT2D eigenvalue weighted by Gasteiger charge is 2.09. The van der Waals surface area contributed by atoms with E-state index in [0.29, 0.717) is 24.5 Å². The van der Waals surface area contributed by atoms with Crippen LogP contribution >= 0.6 is 11.6 Å². The fourth-order valence-electron chi connectivity index (χ4n) is 1.50. The Bertz CT molecular complexity index is 493. The van der Waals surface area contributed by atoms with Crippen LogP contribution in [-0.4, -0.2) is 18.2 Å². The van der Waals surface area contributed by atoms with Gasteiger partial charge in [0.1, 0.15) is 12.0 Å². The largest absolute Gasteiger partial charge is 0.468 e. The lowest BCUT2D eigenvalue weighted by atomic mass is 10.1. The van der Waals surface area contributed by atoms with Crippen LogP contribution in [0.2, 0.25) is 5.02 Å². The first-order valence-electron chi connectivity index (χ1n) is 5.05. The molecule has 0 saturated carbocycles. The van der Waals surface area contributed by atoms with Crippen LogP contribution in [0.15, 0.2) is 35.1 Å². The second kappa shape index (κ2) is 5.50. The quantitative estimate of drug-likeness (QED) is 0.606. The van der Waals surface area contributed by atoms with Gasteiger partial charge in [0.2, 0.25) is 0 Å². The maximum atomic E-state index is 10.0. The van der Waals surface area contributed by atoms with Gasteiger partial charge in [0.05, 0.1) is 6.61 Å². The number of carbonyl (C=O) groups is 1. The predicted octanol–water partition coefficient (Wildman–Crippen LogP) is 2.71. The molecule has 1 heterocycles. The van der Waals surface area contributed by atoms with Gasteiger partial charge in [0.15, 0.2) is 0 Å². The summed E-state index contributed by atoms with van der Waals surface area (Å²) < 4.78 is 9.58. The third-order valence-electron chi connectivity index (χ3n) is 2.32. The van der Waals surface area contributed by atoms with Crippen molar-refractivity contribution >= 4 is 18.1 Å². The Labute approximate surface area is 103 Å². The van der Waals surface area contributed by atoms with Crippen molar-refractivity contribution in [2.24, 2.45) is 0 Å². The number of hydrogen-bond donors (Lipinski definition) is 0. The number of rotatable bonds is 5. The number of carbonyl (C=O) groups excluding carboxylic acids is 1. The lowest BCUT2D eigenvalue weighted by Crippen LogP contribution is -1.97. The number of benzene rings is 1. The number of halogens is 1. The fraction of sp³-hybridized carbons (Fsp3) is 0.167. The zero-order chi connectivity index (χ0) is 12.1. The Morgan fingerprint density at radius 2 is 2.12 bits per heavy atom. The van der Waals surface area contributed by atoms with E-state index < -0.39 is 0 Å². The number of hydrogen-bond acceptors (Lipinski definition) is 4. The van der Waals surface area contributed by atoms with E-state index >= 15 is 0 Å². The van der Waals surface area contributed by atoms with E-state index in [2.05, 4.69) is 9.89 Å². The standard InChI is InChI=1S/C12H10ClNO3/c13-11-3-1-9(2-4-11)12-10(7-17-14-12)5-6-16-8-15/h1-4,7-8H,5-6H2. The highest BCUT2D eigenvalue weighted by atomic mass is 35.5. The van der Waals surface area contributed by atoms with Crippen molar-refractivity contribution in [3.63, 3.8) is 0 Å². The van der Waals surface area contributed by atoms with Gasteiger partial charge >= 0.3 is 0 Å². The van der Waals surface area contributed by atoms with Crippen LogP contribution in [0.5, 0.6) is 0 Å². The molecule has 88 valence electrons. The summed E-state index contributed by atoms with van der Waals surface area (Å²) in [6.07, 6.45) is 2.12. The second-order valence-electron chi connectivity index (χ2n) is 3.41. The fourth-order valence-corrected chi connectivity index (χ4v) is 1.62. The Kier molecular flexibility index (Phi) is 3.77. The van der Waals surface area contributed by atoms with E-state index in [9.17, 15) is 4.79 Å². The predicted molar refractivity (Wildman–Crippen MR) is 62.7 cm³/mol. The minimum absolute atomic E-state index is 0.311. The summed E-state index contributed by atoms with van der Waals surface area (Å²) in [6, 6.07) is 7.31. The van der Waals surface area contributed by atoms with Crippen LogP contribution in [0.3, 0.4) is 0 Å². The molecule has 0 aliphatic heterocycles. The summed E-state index contributed by atoms with van der Waals surface area (Å²) in [5.41, 5.74) is 2.56. The molecule has 0 bridgehead atoms. The van der Waals surface area contributed by atoms with E-state index in [1.807, 2.05) is 12.1 Å². The molecule has 4 nitrogen and oxygen atoms in total. The monoisotopic (exact) mass is 251 g/mol. The summed E-state index contributed by atoms with van der Waals surface area (Å²) in [5.74, 6) is 0. The average Bonchev–Trinajstić information content (AvgIpc) is 2.79. The summed E-state index contributed by atoms with van der Waals surface area (Å²) in [7, 11) is 0. The molecule has 5 heteroatoms. The molecular weight excluding hydrogens is 242 g/mol. The number of aromatic nitrogens is 1. The van der Waals surface area contributed by atoms with Crippen LogP contribution in [0, 0.1) is 0 Å². The Balaban J connectivity index is 2.18. The van der Waals surface area contributed by atoms with Gasteiger partial charge in [-0.05, 0) is 12.1 Å². The summed E-state index contributed by atoms with van der Waals surface area (Å²) in [6.45, 7) is 0.737. The molecule has 0 spiro atoms. The van der Waals surface area contributed by atoms with E-state index in [1.165, 1.54) is 0 Å². The van der Waals surface area contributed by atoms with Gasteiger partial charge in [0, 0.05) is 22.6 Å². The third kappa shape index (κ3) is 2.85. The smallest absolute Gasteiger partial charge is 0.293 e. The normalized spacial score (nSPS) is 10.2. The van der Waals surface area contributed by atoms with Crippen molar-refractivity contribution in [1.29, 1.82) is 0 Å². The molecule has 1 aromatic carbocycles. The van der Waals surface area contributed by atoms with E-state index in [1.54, 1.807) is 18.4 Å². The molecule has 0 amide bonds. The van der Waals surface area contributed by atoms with Crippen molar-refractivity contribution in [3.05, 3.63) is 41.1 Å². The van der Waals surface area contributed by atoms with Gasteiger partial charge in [-0.25, -0.2) is 0 Å². The maximum absolute atomic E-state index is 10.0. The van der Waals surface area contributed by atoms with Crippen molar-refractivity contribution < 1.29 is 14.1 Å². The Morgan fingerprint density at radius 1 is 1.35 bits per heavy atom. The van der Waals surface area contributed by atoms with Crippen LogP contribution in [-0.2, 0) is 16.0 Å². The number of ether oxygens (including phenoxy) is 1. The van der Waals surface area contributed by atoms with E-state index in [4.69, 9.17) is 16.1 Å². The summed E-state index contributed by atoms with van der Waals surface area (Å²) in [4.78, 5) is 10.0. The highest BCUT2D eigenvalue weighted by Crippen LogP contribution is 2.24. The van der Waals surface area contributed by atoms with Gasteiger partial charge in [-0.3, -0.25) is 4.79 Å². The summed E-state index contributed by atoms with van der Waals surface area (Å²) >= 11 is 5.81. The zero-order valence-electron chi connectivity index (χ0n) is 8.93. The first kappa shape index (κ1) is 11.7. The SMILES string of the molecule is O=COCCc1conc1-c1ccc(Cl)cc1. The molecule has 0 atom stereocenters. The van der Waals surface area contributed by atoms with Gasteiger partial charge in [-0.15, -0.1) is 0 Å². The maximum Gasteiger partial charge on any atom is 0.293 e. The highest BCUT2D eigenvalue weighted by molar-refractivity contribution is 6.30. The average molecular weight is 252 g/mol. The van der Waals surface area contributed by atoms with Crippen LogP contribution < -0.4 is 0 Å².